The van der Waals surface area contributed by atoms with Gasteiger partial charge in [0.05, 0.1) is 13.3 Å². The van der Waals surface area contributed by atoms with E-state index in [1.165, 1.54) is 58.2 Å². The highest BCUT2D eigenvalue weighted by atomic mass is 16.5. The van der Waals surface area contributed by atoms with Crippen molar-refractivity contribution in [2.24, 2.45) is 0 Å². The number of piperidine rings is 1. The molecule has 3 rings (SSSR count). The van der Waals surface area contributed by atoms with Gasteiger partial charge in [-0.1, -0.05) is 26.2 Å². The van der Waals surface area contributed by atoms with Gasteiger partial charge in [-0.3, -0.25) is 0 Å². The Morgan fingerprint density at radius 3 is 2.65 bits per heavy atom. The lowest BCUT2D eigenvalue weighted by Crippen LogP contribution is -2.30. The van der Waals surface area contributed by atoms with Gasteiger partial charge in [0.2, 0.25) is 0 Å². The molecule has 0 spiro atoms. The largest absolute Gasteiger partial charge is 0.463 e. The fraction of sp³-hybridized carbons (Fsp3) is 0.789. The van der Waals surface area contributed by atoms with Crippen LogP contribution >= 0.6 is 0 Å². The molecule has 0 unspecified atom stereocenters. The van der Waals surface area contributed by atoms with Crippen molar-refractivity contribution in [2.45, 2.75) is 58.3 Å². The summed E-state index contributed by atoms with van der Waals surface area (Å²) in [5.74, 6) is 1.37. The van der Waals surface area contributed by atoms with Crippen LogP contribution in [0.2, 0.25) is 0 Å². The Hall–Kier alpha value is -1.76. The first-order valence-electron chi connectivity index (χ1n) is 10.3. The Bertz CT molecular complexity index is 561. The van der Waals surface area contributed by atoms with E-state index >= 15 is 0 Å². The van der Waals surface area contributed by atoms with Gasteiger partial charge in [0.1, 0.15) is 5.69 Å². The van der Waals surface area contributed by atoms with E-state index in [4.69, 9.17) is 10.5 Å². The summed E-state index contributed by atoms with van der Waals surface area (Å²) >= 11 is 0. The molecule has 146 valence electrons. The molecule has 3 N–H and O–H groups in total. The summed E-state index contributed by atoms with van der Waals surface area (Å²) in [5, 5.41) is 3.32. The van der Waals surface area contributed by atoms with Crippen LogP contribution in [0.25, 0.3) is 0 Å². The second-order valence-electron chi connectivity index (χ2n) is 7.35. The second-order valence-corrected chi connectivity index (χ2v) is 7.35. The van der Waals surface area contributed by atoms with Crippen molar-refractivity contribution in [3.63, 3.8) is 0 Å². The number of fused-ring (bicyclic) bond motifs is 1. The topological polar surface area (TPSA) is 79.5 Å². The standard InChI is InChI=1S/C19H34N6O/c1-2-3-14-26-19-22-17(20)16-18(23-19)25(15-21-16)13-9-5-8-12-24-10-6-4-7-11-24/h21H,2-15H2,1H3,(H2,20,22,23). The van der Waals surface area contributed by atoms with E-state index < -0.39 is 0 Å². The highest BCUT2D eigenvalue weighted by Gasteiger charge is 2.24. The number of hydrogen-bond acceptors (Lipinski definition) is 7. The fourth-order valence-corrected chi connectivity index (χ4v) is 3.65. The third-order valence-corrected chi connectivity index (χ3v) is 5.22. The minimum atomic E-state index is 0.397. The number of unbranched alkanes of at least 4 members (excludes halogenated alkanes) is 3. The van der Waals surface area contributed by atoms with Gasteiger partial charge in [0.15, 0.2) is 11.6 Å². The maximum Gasteiger partial charge on any atom is 0.320 e. The first-order valence-corrected chi connectivity index (χ1v) is 10.3. The van der Waals surface area contributed by atoms with E-state index in [1.54, 1.807) is 0 Å². The molecule has 7 nitrogen and oxygen atoms in total. The molecule has 1 aromatic heterocycles. The number of ether oxygens (including phenoxy) is 1. The highest BCUT2D eigenvalue weighted by Crippen LogP contribution is 2.35. The van der Waals surface area contributed by atoms with E-state index in [0.717, 1.165) is 37.6 Å². The van der Waals surface area contributed by atoms with E-state index in [9.17, 15) is 0 Å². The Morgan fingerprint density at radius 2 is 1.85 bits per heavy atom. The molecule has 0 amide bonds. The summed E-state index contributed by atoms with van der Waals surface area (Å²) in [5.41, 5.74) is 6.92. The molecule has 0 radical (unpaired) electrons. The minimum Gasteiger partial charge on any atom is -0.463 e. The molecule has 0 bridgehead atoms. The smallest absolute Gasteiger partial charge is 0.320 e. The van der Waals surface area contributed by atoms with Crippen LogP contribution in [0.15, 0.2) is 0 Å². The number of nitrogens with two attached hydrogens (primary N) is 1. The van der Waals surface area contributed by atoms with Crippen LogP contribution in [0.5, 0.6) is 6.01 Å². The van der Waals surface area contributed by atoms with Crippen molar-refractivity contribution in [1.29, 1.82) is 0 Å². The van der Waals surface area contributed by atoms with Crippen LogP contribution in [-0.2, 0) is 0 Å². The molecule has 2 aliphatic rings. The van der Waals surface area contributed by atoms with Gasteiger partial charge in [-0.25, -0.2) is 0 Å². The van der Waals surface area contributed by atoms with Crippen LogP contribution in [0.3, 0.4) is 0 Å². The summed E-state index contributed by atoms with van der Waals surface area (Å²) in [6, 6.07) is 0.397. The molecule has 1 aromatic rings. The van der Waals surface area contributed by atoms with Crippen molar-refractivity contribution >= 4 is 17.3 Å². The normalized spacial score (nSPS) is 17.2. The maximum absolute atomic E-state index is 6.07. The predicted octanol–water partition coefficient (Wildman–Crippen LogP) is 3.08. The number of anilines is 3. The number of nitrogens with zero attached hydrogens (tertiary/aromatic N) is 4. The minimum absolute atomic E-state index is 0.397. The maximum atomic E-state index is 6.07. The SMILES string of the molecule is CCCCOc1nc(N)c2c(n1)N(CCCCCN1CCCCC1)CN2. The van der Waals surface area contributed by atoms with Gasteiger partial charge in [-0.2, -0.15) is 9.97 Å². The highest BCUT2D eigenvalue weighted by molar-refractivity contribution is 5.80. The number of likely N-dealkylation sites (tertiary alicyclic amines) is 1. The van der Waals surface area contributed by atoms with Crippen LogP contribution in [0, 0.1) is 0 Å². The fourth-order valence-electron chi connectivity index (χ4n) is 3.65. The Balaban J connectivity index is 1.44. The number of aromatic nitrogens is 2. The van der Waals surface area contributed by atoms with Crippen molar-refractivity contribution in [3.8, 4) is 6.01 Å². The average Bonchev–Trinajstić information content (AvgIpc) is 3.06. The van der Waals surface area contributed by atoms with Crippen LogP contribution < -0.4 is 20.7 Å². The quantitative estimate of drug-likeness (QED) is 0.619. The number of rotatable bonds is 10. The second kappa shape index (κ2) is 9.80. The lowest BCUT2D eigenvalue weighted by atomic mass is 10.1. The third kappa shape index (κ3) is 5.13. The summed E-state index contributed by atoms with van der Waals surface area (Å²) in [4.78, 5) is 13.7. The monoisotopic (exact) mass is 362 g/mol. The molecule has 3 heterocycles. The van der Waals surface area contributed by atoms with E-state index in [1.807, 2.05) is 0 Å². The molecule has 0 saturated carbocycles. The van der Waals surface area contributed by atoms with Gasteiger partial charge in [-0.05, 0) is 51.7 Å². The van der Waals surface area contributed by atoms with Gasteiger partial charge in [0.25, 0.3) is 0 Å². The van der Waals surface area contributed by atoms with Crippen molar-refractivity contribution in [3.05, 3.63) is 0 Å². The molecule has 26 heavy (non-hydrogen) atoms. The first kappa shape index (κ1) is 19.0. The average molecular weight is 363 g/mol. The molecule has 0 aliphatic carbocycles. The number of nitrogens with one attached hydrogen (secondary N) is 1. The van der Waals surface area contributed by atoms with Gasteiger partial charge in [-0.15, -0.1) is 0 Å². The zero-order valence-corrected chi connectivity index (χ0v) is 16.2. The van der Waals surface area contributed by atoms with Crippen molar-refractivity contribution in [2.75, 3.05) is 55.4 Å². The molecule has 2 aliphatic heterocycles. The van der Waals surface area contributed by atoms with Gasteiger partial charge >= 0.3 is 6.01 Å². The Kier molecular flexibility index (Phi) is 7.17. The van der Waals surface area contributed by atoms with Crippen LogP contribution in [0.1, 0.15) is 58.3 Å². The lowest BCUT2D eigenvalue weighted by molar-refractivity contribution is 0.224. The molecule has 1 fully saturated rings. The van der Waals surface area contributed by atoms with E-state index in [-0.39, 0.29) is 0 Å². The zero-order chi connectivity index (χ0) is 18.2. The predicted molar refractivity (Wildman–Crippen MR) is 107 cm³/mol. The molecule has 7 heteroatoms. The molecular weight excluding hydrogens is 328 g/mol. The summed E-state index contributed by atoms with van der Waals surface area (Å²) in [7, 11) is 0. The number of nitrogen functional groups attached to an aromatic ring is 1. The first-order chi connectivity index (χ1) is 12.8. The summed E-state index contributed by atoms with van der Waals surface area (Å²) < 4.78 is 5.65. The van der Waals surface area contributed by atoms with Crippen molar-refractivity contribution < 1.29 is 4.74 Å². The van der Waals surface area contributed by atoms with Gasteiger partial charge < -0.3 is 25.6 Å². The van der Waals surface area contributed by atoms with Crippen LogP contribution in [-0.4, -0.2) is 54.3 Å². The Labute approximate surface area is 157 Å². The zero-order valence-electron chi connectivity index (χ0n) is 16.2. The van der Waals surface area contributed by atoms with Crippen LogP contribution in [0.4, 0.5) is 17.3 Å². The van der Waals surface area contributed by atoms with E-state index in [0.29, 0.717) is 18.4 Å². The molecule has 1 saturated heterocycles. The van der Waals surface area contributed by atoms with Crippen molar-refractivity contribution in [1.82, 2.24) is 14.9 Å². The van der Waals surface area contributed by atoms with E-state index in [2.05, 4.69) is 32.0 Å². The Morgan fingerprint density at radius 1 is 1.04 bits per heavy atom. The molecular formula is C19H34N6O. The van der Waals surface area contributed by atoms with Gasteiger partial charge in [0, 0.05) is 6.54 Å². The lowest BCUT2D eigenvalue weighted by Gasteiger charge is -2.26. The molecule has 0 atom stereocenters. The molecule has 0 aromatic carbocycles. The summed E-state index contributed by atoms with van der Waals surface area (Å²) in [6.07, 6.45) is 9.96. The number of hydrogen-bond donors (Lipinski definition) is 2. The summed E-state index contributed by atoms with van der Waals surface area (Å²) in [6.45, 7) is 8.35. The third-order valence-electron chi connectivity index (χ3n) is 5.22.